The average Bonchev–Trinajstić information content (AvgIpc) is 2.63. The molecule has 25 heavy (non-hydrogen) atoms. The lowest BCUT2D eigenvalue weighted by molar-refractivity contribution is -0.143. The Morgan fingerprint density at radius 3 is 2.68 bits per heavy atom. The average molecular weight is 346 g/mol. The molecular formula is C20H30N2O3. The van der Waals surface area contributed by atoms with Crippen LogP contribution in [0.3, 0.4) is 0 Å². The Bertz CT molecular complexity index is 578. The van der Waals surface area contributed by atoms with Gasteiger partial charge in [-0.1, -0.05) is 25.1 Å². The first-order valence-electron chi connectivity index (χ1n) is 9.29. The summed E-state index contributed by atoms with van der Waals surface area (Å²) in [4.78, 5) is 16.9. The topological polar surface area (TPSA) is 42.0 Å². The summed E-state index contributed by atoms with van der Waals surface area (Å²) in [6, 6.07) is 8.45. The van der Waals surface area contributed by atoms with Crippen molar-refractivity contribution in [3.63, 3.8) is 0 Å². The molecule has 0 unspecified atom stereocenters. The third-order valence-electron chi connectivity index (χ3n) is 5.36. The van der Waals surface area contributed by atoms with E-state index in [1.807, 2.05) is 4.90 Å². The van der Waals surface area contributed by atoms with Gasteiger partial charge in [0, 0.05) is 57.4 Å². The molecule has 0 aliphatic carbocycles. The number of amides is 1. The number of anilines is 1. The summed E-state index contributed by atoms with van der Waals surface area (Å²) in [6.45, 7) is 8.14. The normalized spacial score (nSPS) is 19.6. The van der Waals surface area contributed by atoms with Crippen molar-refractivity contribution in [1.82, 2.24) is 4.90 Å². The molecule has 1 aromatic rings. The minimum atomic E-state index is 0.234. The molecule has 2 aliphatic rings. The first kappa shape index (κ1) is 18.2. The molecule has 0 radical (unpaired) electrons. The minimum absolute atomic E-state index is 0.234. The van der Waals surface area contributed by atoms with E-state index in [-0.39, 0.29) is 11.3 Å². The second-order valence-corrected chi connectivity index (χ2v) is 7.53. The van der Waals surface area contributed by atoms with Gasteiger partial charge in [-0.3, -0.25) is 4.79 Å². The van der Waals surface area contributed by atoms with Gasteiger partial charge >= 0.3 is 0 Å². The van der Waals surface area contributed by atoms with Crippen LogP contribution in [-0.2, 0) is 20.7 Å². The lowest BCUT2D eigenvalue weighted by atomic mass is 9.79. The van der Waals surface area contributed by atoms with Crippen molar-refractivity contribution >= 4 is 11.6 Å². The molecule has 0 aromatic heterocycles. The van der Waals surface area contributed by atoms with E-state index in [0.29, 0.717) is 6.42 Å². The van der Waals surface area contributed by atoms with Crippen molar-refractivity contribution in [3.05, 3.63) is 29.8 Å². The molecule has 1 amide bonds. The van der Waals surface area contributed by atoms with Gasteiger partial charge in [0.25, 0.3) is 0 Å². The van der Waals surface area contributed by atoms with Crippen LogP contribution in [0.5, 0.6) is 0 Å². The molecule has 0 saturated carbocycles. The predicted molar refractivity (Wildman–Crippen MR) is 99.0 cm³/mol. The van der Waals surface area contributed by atoms with Crippen molar-refractivity contribution < 1.29 is 14.3 Å². The third-order valence-corrected chi connectivity index (χ3v) is 5.36. The summed E-state index contributed by atoms with van der Waals surface area (Å²) in [6.07, 6.45) is 2.41. The number of hydrogen-bond acceptors (Lipinski definition) is 4. The molecule has 3 rings (SSSR count). The fourth-order valence-electron chi connectivity index (χ4n) is 3.79. The number of para-hydroxylation sites is 1. The van der Waals surface area contributed by atoms with Gasteiger partial charge in [0.15, 0.2) is 0 Å². The predicted octanol–water partition coefficient (Wildman–Crippen LogP) is 2.34. The second kappa shape index (κ2) is 8.19. The second-order valence-electron chi connectivity index (χ2n) is 7.53. The Morgan fingerprint density at radius 1 is 1.24 bits per heavy atom. The molecule has 2 heterocycles. The van der Waals surface area contributed by atoms with Crippen LogP contribution >= 0.6 is 0 Å². The lowest BCUT2D eigenvalue weighted by Crippen LogP contribution is -2.57. The Kier molecular flexibility index (Phi) is 5.97. The quantitative estimate of drug-likeness (QED) is 0.760. The first-order valence-corrected chi connectivity index (χ1v) is 9.29. The number of hydrogen-bond donors (Lipinski definition) is 0. The Hall–Kier alpha value is -1.59. The molecule has 2 fully saturated rings. The maximum absolute atomic E-state index is 12.5. The maximum Gasteiger partial charge on any atom is 0.222 e. The van der Waals surface area contributed by atoms with E-state index >= 15 is 0 Å². The number of carbonyl (C=O) groups is 1. The number of benzene rings is 1. The van der Waals surface area contributed by atoms with Crippen molar-refractivity contribution in [2.75, 3.05) is 58.0 Å². The van der Waals surface area contributed by atoms with Gasteiger partial charge in [-0.25, -0.2) is 0 Å². The molecule has 0 atom stereocenters. The Labute approximate surface area is 150 Å². The molecule has 138 valence electrons. The SMILES string of the molecule is COCCC1(C)CN(C(=O)CCc2ccccc2N2CCOCC2)C1. The zero-order chi connectivity index (χ0) is 17.7. The van der Waals surface area contributed by atoms with Gasteiger partial charge in [0.05, 0.1) is 13.2 Å². The van der Waals surface area contributed by atoms with Crippen LogP contribution in [0.15, 0.2) is 24.3 Å². The molecule has 0 bridgehead atoms. The summed E-state index contributed by atoms with van der Waals surface area (Å²) < 4.78 is 10.6. The Morgan fingerprint density at radius 2 is 1.96 bits per heavy atom. The number of aryl methyl sites for hydroxylation is 1. The van der Waals surface area contributed by atoms with Crippen LogP contribution in [0, 0.1) is 5.41 Å². The van der Waals surface area contributed by atoms with Crippen molar-refractivity contribution in [1.29, 1.82) is 0 Å². The molecule has 0 N–H and O–H groups in total. The van der Waals surface area contributed by atoms with Gasteiger partial charge in [0.2, 0.25) is 5.91 Å². The van der Waals surface area contributed by atoms with E-state index in [2.05, 4.69) is 36.1 Å². The number of carbonyl (C=O) groups excluding carboxylic acids is 1. The van der Waals surface area contributed by atoms with Crippen molar-refractivity contribution in [2.45, 2.75) is 26.2 Å². The van der Waals surface area contributed by atoms with Crippen LogP contribution in [0.4, 0.5) is 5.69 Å². The summed E-state index contributed by atoms with van der Waals surface area (Å²) >= 11 is 0. The molecule has 5 nitrogen and oxygen atoms in total. The van der Waals surface area contributed by atoms with Gasteiger partial charge in [-0.05, 0) is 24.5 Å². The highest BCUT2D eigenvalue weighted by Crippen LogP contribution is 2.34. The molecular weight excluding hydrogens is 316 g/mol. The standard InChI is InChI=1S/C20H30N2O3/c1-20(9-12-24-2)15-22(16-20)19(23)8-7-17-5-3-4-6-18(17)21-10-13-25-14-11-21/h3-6H,7-16H2,1-2H3. The number of nitrogens with zero attached hydrogens (tertiary/aromatic N) is 2. The van der Waals surface area contributed by atoms with Crippen LogP contribution in [0.1, 0.15) is 25.3 Å². The zero-order valence-electron chi connectivity index (χ0n) is 15.5. The molecule has 5 heteroatoms. The van der Waals surface area contributed by atoms with E-state index in [1.54, 1.807) is 7.11 Å². The van der Waals surface area contributed by atoms with Gasteiger partial charge in [-0.15, -0.1) is 0 Å². The van der Waals surface area contributed by atoms with E-state index < -0.39 is 0 Å². The summed E-state index contributed by atoms with van der Waals surface area (Å²) in [5.41, 5.74) is 2.75. The number of likely N-dealkylation sites (tertiary alicyclic amines) is 1. The van der Waals surface area contributed by atoms with Gasteiger partial charge in [-0.2, -0.15) is 0 Å². The van der Waals surface area contributed by atoms with Crippen LogP contribution in [0.2, 0.25) is 0 Å². The fraction of sp³-hybridized carbons (Fsp3) is 0.650. The highest BCUT2D eigenvalue weighted by Gasteiger charge is 2.40. The van der Waals surface area contributed by atoms with E-state index in [4.69, 9.17) is 9.47 Å². The third kappa shape index (κ3) is 4.53. The van der Waals surface area contributed by atoms with Gasteiger partial charge in [0.1, 0.15) is 0 Å². The molecule has 2 aliphatic heterocycles. The largest absolute Gasteiger partial charge is 0.385 e. The smallest absolute Gasteiger partial charge is 0.222 e. The Balaban J connectivity index is 1.51. The van der Waals surface area contributed by atoms with Crippen LogP contribution in [0.25, 0.3) is 0 Å². The molecule has 1 aromatic carbocycles. The van der Waals surface area contributed by atoms with Crippen molar-refractivity contribution in [2.24, 2.45) is 5.41 Å². The van der Waals surface area contributed by atoms with Crippen LogP contribution in [-0.4, -0.2) is 63.9 Å². The molecule has 0 spiro atoms. The number of methoxy groups -OCH3 is 1. The zero-order valence-corrected chi connectivity index (χ0v) is 15.5. The monoisotopic (exact) mass is 346 g/mol. The van der Waals surface area contributed by atoms with Crippen LogP contribution < -0.4 is 4.90 Å². The summed E-state index contributed by atoms with van der Waals surface area (Å²) in [7, 11) is 1.73. The fourth-order valence-corrected chi connectivity index (χ4v) is 3.79. The summed E-state index contributed by atoms with van der Waals surface area (Å²) in [5, 5.41) is 0. The summed E-state index contributed by atoms with van der Waals surface area (Å²) in [5.74, 6) is 0.270. The first-order chi connectivity index (χ1) is 12.1. The van der Waals surface area contributed by atoms with E-state index in [1.165, 1.54) is 11.3 Å². The minimum Gasteiger partial charge on any atom is -0.385 e. The van der Waals surface area contributed by atoms with E-state index in [9.17, 15) is 4.79 Å². The molecule has 2 saturated heterocycles. The highest BCUT2D eigenvalue weighted by molar-refractivity contribution is 5.77. The van der Waals surface area contributed by atoms with Gasteiger partial charge < -0.3 is 19.3 Å². The van der Waals surface area contributed by atoms with E-state index in [0.717, 1.165) is 58.8 Å². The number of ether oxygens (including phenoxy) is 2. The number of morpholine rings is 1. The van der Waals surface area contributed by atoms with Crippen molar-refractivity contribution in [3.8, 4) is 0 Å². The number of rotatable bonds is 7. The lowest BCUT2D eigenvalue weighted by Gasteiger charge is -2.48. The maximum atomic E-state index is 12.5. The highest BCUT2D eigenvalue weighted by atomic mass is 16.5.